The number of nitrogens with one attached hydrogen (secondary N) is 2. The van der Waals surface area contributed by atoms with Crippen molar-refractivity contribution in [2.45, 2.75) is 12.5 Å². The van der Waals surface area contributed by atoms with Crippen molar-refractivity contribution in [1.29, 1.82) is 0 Å². The number of amides is 1. The molecule has 3 N–H and O–H groups in total. The SMILES string of the molecule is O=C(NCCc1ccc(O)cc1)C1COCCN1. The summed E-state index contributed by atoms with van der Waals surface area (Å²) >= 11 is 0. The molecule has 1 saturated heterocycles. The highest BCUT2D eigenvalue weighted by Gasteiger charge is 2.20. The van der Waals surface area contributed by atoms with E-state index in [1.807, 2.05) is 12.1 Å². The van der Waals surface area contributed by atoms with Crippen LogP contribution in [0.3, 0.4) is 0 Å². The first-order valence-corrected chi connectivity index (χ1v) is 6.12. The molecule has 5 heteroatoms. The van der Waals surface area contributed by atoms with Crippen LogP contribution < -0.4 is 10.6 Å². The molecular weight excluding hydrogens is 232 g/mol. The average Bonchev–Trinajstić information content (AvgIpc) is 2.42. The van der Waals surface area contributed by atoms with Crippen molar-refractivity contribution in [3.63, 3.8) is 0 Å². The number of aromatic hydroxyl groups is 1. The van der Waals surface area contributed by atoms with E-state index < -0.39 is 0 Å². The number of hydrogen-bond acceptors (Lipinski definition) is 4. The summed E-state index contributed by atoms with van der Waals surface area (Å²) in [5.74, 6) is 0.236. The molecule has 0 bridgehead atoms. The highest BCUT2D eigenvalue weighted by Crippen LogP contribution is 2.09. The van der Waals surface area contributed by atoms with E-state index in [4.69, 9.17) is 9.84 Å². The van der Waals surface area contributed by atoms with E-state index in [1.54, 1.807) is 12.1 Å². The Kier molecular flexibility index (Phi) is 4.55. The van der Waals surface area contributed by atoms with Gasteiger partial charge in [-0.1, -0.05) is 12.1 Å². The van der Waals surface area contributed by atoms with Gasteiger partial charge in [0.15, 0.2) is 0 Å². The summed E-state index contributed by atoms with van der Waals surface area (Å²) in [6.45, 7) is 2.40. The largest absolute Gasteiger partial charge is 0.508 e. The number of phenolic OH excluding ortho intramolecular Hbond substituents is 1. The zero-order valence-corrected chi connectivity index (χ0v) is 10.2. The van der Waals surface area contributed by atoms with Gasteiger partial charge in [0.2, 0.25) is 5.91 Å². The molecule has 1 heterocycles. The van der Waals surface area contributed by atoms with Gasteiger partial charge in [0, 0.05) is 13.1 Å². The predicted molar refractivity (Wildman–Crippen MR) is 67.4 cm³/mol. The molecular formula is C13H18N2O3. The molecule has 18 heavy (non-hydrogen) atoms. The molecule has 1 amide bonds. The van der Waals surface area contributed by atoms with Crippen molar-refractivity contribution < 1.29 is 14.6 Å². The Balaban J connectivity index is 1.71. The summed E-state index contributed by atoms with van der Waals surface area (Å²) in [6, 6.07) is 6.76. The molecule has 0 radical (unpaired) electrons. The minimum atomic E-state index is -0.237. The van der Waals surface area contributed by atoms with E-state index in [9.17, 15) is 4.79 Å². The van der Waals surface area contributed by atoms with Crippen LogP contribution in [0.25, 0.3) is 0 Å². The number of carbonyl (C=O) groups is 1. The Labute approximate surface area is 106 Å². The Hall–Kier alpha value is -1.59. The highest BCUT2D eigenvalue weighted by molar-refractivity contribution is 5.81. The number of morpholine rings is 1. The summed E-state index contributed by atoms with van der Waals surface area (Å²) in [6.07, 6.45) is 0.750. The molecule has 1 fully saturated rings. The second kappa shape index (κ2) is 6.37. The number of benzene rings is 1. The first-order valence-electron chi connectivity index (χ1n) is 6.12. The van der Waals surface area contributed by atoms with Crippen molar-refractivity contribution in [3.05, 3.63) is 29.8 Å². The van der Waals surface area contributed by atoms with Gasteiger partial charge in [-0.25, -0.2) is 0 Å². The first-order chi connectivity index (χ1) is 8.75. The maximum atomic E-state index is 11.7. The Morgan fingerprint density at radius 3 is 2.89 bits per heavy atom. The molecule has 0 aliphatic carbocycles. The van der Waals surface area contributed by atoms with Crippen LogP contribution >= 0.6 is 0 Å². The van der Waals surface area contributed by atoms with E-state index in [2.05, 4.69) is 10.6 Å². The summed E-state index contributed by atoms with van der Waals surface area (Å²) in [5.41, 5.74) is 1.08. The van der Waals surface area contributed by atoms with Gasteiger partial charge in [-0.3, -0.25) is 4.79 Å². The van der Waals surface area contributed by atoms with Gasteiger partial charge < -0.3 is 20.5 Å². The molecule has 1 aliphatic heterocycles. The zero-order chi connectivity index (χ0) is 12.8. The lowest BCUT2D eigenvalue weighted by Crippen LogP contribution is -2.51. The van der Waals surface area contributed by atoms with Gasteiger partial charge in [-0.05, 0) is 24.1 Å². The van der Waals surface area contributed by atoms with Gasteiger partial charge in [-0.2, -0.15) is 0 Å². The molecule has 0 aromatic heterocycles. The Morgan fingerprint density at radius 1 is 1.44 bits per heavy atom. The van der Waals surface area contributed by atoms with E-state index in [-0.39, 0.29) is 17.7 Å². The second-order valence-electron chi connectivity index (χ2n) is 4.29. The smallest absolute Gasteiger partial charge is 0.239 e. The van der Waals surface area contributed by atoms with Gasteiger partial charge in [-0.15, -0.1) is 0 Å². The van der Waals surface area contributed by atoms with Crippen LogP contribution in [0.15, 0.2) is 24.3 Å². The Morgan fingerprint density at radius 2 is 2.22 bits per heavy atom. The maximum Gasteiger partial charge on any atom is 0.239 e. The minimum Gasteiger partial charge on any atom is -0.508 e. The number of carbonyl (C=O) groups excluding carboxylic acids is 1. The molecule has 1 aromatic carbocycles. The van der Waals surface area contributed by atoms with Crippen LogP contribution in [-0.4, -0.2) is 43.4 Å². The normalized spacial score (nSPS) is 19.4. The molecule has 0 spiro atoms. The fourth-order valence-corrected chi connectivity index (χ4v) is 1.85. The fourth-order valence-electron chi connectivity index (χ4n) is 1.85. The lowest BCUT2D eigenvalue weighted by molar-refractivity contribution is -0.125. The number of ether oxygens (including phenoxy) is 1. The van der Waals surface area contributed by atoms with Crippen LogP contribution in [0.5, 0.6) is 5.75 Å². The standard InChI is InChI=1S/C13H18N2O3/c16-11-3-1-10(2-4-11)5-6-15-13(17)12-9-18-8-7-14-12/h1-4,12,14,16H,5-9H2,(H,15,17). The average molecular weight is 250 g/mol. The lowest BCUT2D eigenvalue weighted by atomic mass is 10.1. The summed E-state index contributed by atoms with van der Waals surface area (Å²) < 4.78 is 5.23. The molecule has 5 nitrogen and oxygen atoms in total. The summed E-state index contributed by atoms with van der Waals surface area (Å²) in [5, 5.41) is 15.1. The molecule has 1 aromatic rings. The second-order valence-corrected chi connectivity index (χ2v) is 4.29. The van der Waals surface area contributed by atoms with Crippen molar-refractivity contribution in [3.8, 4) is 5.75 Å². The molecule has 1 atom stereocenters. The highest BCUT2D eigenvalue weighted by atomic mass is 16.5. The molecule has 2 rings (SSSR count). The van der Waals surface area contributed by atoms with Crippen molar-refractivity contribution >= 4 is 5.91 Å². The number of rotatable bonds is 4. The van der Waals surface area contributed by atoms with Crippen molar-refractivity contribution in [1.82, 2.24) is 10.6 Å². The summed E-state index contributed by atoms with van der Waals surface area (Å²) in [7, 11) is 0. The molecule has 1 aliphatic rings. The summed E-state index contributed by atoms with van der Waals surface area (Å²) in [4.78, 5) is 11.7. The predicted octanol–water partition coefficient (Wildman–Crippen LogP) is 0.0393. The molecule has 1 unspecified atom stereocenters. The first kappa shape index (κ1) is 12.9. The van der Waals surface area contributed by atoms with Crippen LogP contribution in [-0.2, 0) is 16.0 Å². The van der Waals surface area contributed by atoms with Crippen LogP contribution in [0.4, 0.5) is 0 Å². The molecule has 0 saturated carbocycles. The Bertz CT molecular complexity index is 386. The van der Waals surface area contributed by atoms with Gasteiger partial charge in [0.25, 0.3) is 0 Å². The minimum absolute atomic E-state index is 0.0199. The van der Waals surface area contributed by atoms with Gasteiger partial charge >= 0.3 is 0 Å². The van der Waals surface area contributed by atoms with E-state index >= 15 is 0 Å². The number of phenols is 1. The third-order valence-electron chi connectivity index (χ3n) is 2.89. The topological polar surface area (TPSA) is 70.6 Å². The number of hydrogen-bond donors (Lipinski definition) is 3. The lowest BCUT2D eigenvalue weighted by Gasteiger charge is -2.22. The van der Waals surface area contributed by atoms with Gasteiger partial charge in [0.1, 0.15) is 11.8 Å². The quantitative estimate of drug-likeness (QED) is 0.705. The van der Waals surface area contributed by atoms with Crippen LogP contribution in [0, 0.1) is 0 Å². The van der Waals surface area contributed by atoms with Crippen LogP contribution in [0.1, 0.15) is 5.56 Å². The van der Waals surface area contributed by atoms with Gasteiger partial charge in [0.05, 0.1) is 13.2 Å². The van der Waals surface area contributed by atoms with E-state index in [1.165, 1.54) is 0 Å². The van der Waals surface area contributed by atoms with E-state index in [0.29, 0.717) is 19.8 Å². The monoisotopic (exact) mass is 250 g/mol. The van der Waals surface area contributed by atoms with E-state index in [0.717, 1.165) is 18.5 Å². The third-order valence-corrected chi connectivity index (χ3v) is 2.89. The molecule has 98 valence electrons. The van der Waals surface area contributed by atoms with Crippen molar-refractivity contribution in [2.75, 3.05) is 26.3 Å². The van der Waals surface area contributed by atoms with Crippen molar-refractivity contribution in [2.24, 2.45) is 0 Å². The fraction of sp³-hybridized carbons (Fsp3) is 0.462. The third kappa shape index (κ3) is 3.72. The van der Waals surface area contributed by atoms with Crippen LogP contribution in [0.2, 0.25) is 0 Å². The zero-order valence-electron chi connectivity index (χ0n) is 10.2. The maximum absolute atomic E-state index is 11.7.